The number of sulfonamides is 1. The molecule has 1 saturated heterocycles. The highest BCUT2D eigenvalue weighted by Crippen LogP contribution is 2.15. The van der Waals surface area contributed by atoms with Crippen molar-refractivity contribution in [3.8, 4) is 0 Å². The summed E-state index contributed by atoms with van der Waals surface area (Å²) >= 11 is 0. The predicted molar refractivity (Wildman–Crippen MR) is 74.7 cm³/mol. The van der Waals surface area contributed by atoms with Gasteiger partial charge in [0.2, 0.25) is 0 Å². The van der Waals surface area contributed by atoms with Crippen molar-refractivity contribution in [3.05, 3.63) is 11.3 Å². The van der Waals surface area contributed by atoms with Gasteiger partial charge in [-0.15, -0.1) is 0 Å². The zero-order valence-corrected chi connectivity index (χ0v) is 12.5. The van der Waals surface area contributed by atoms with Crippen LogP contribution in [-0.2, 0) is 16.6 Å². The maximum Gasteiger partial charge on any atom is 0.260 e. The van der Waals surface area contributed by atoms with Gasteiger partial charge in [0.1, 0.15) is 0 Å². The van der Waals surface area contributed by atoms with Crippen LogP contribution in [0, 0.1) is 6.92 Å². The zero-order valence-electron chi connectivity index (χ0n) is 11.7. The highest BCUT2D eigenvalue weighted by molar-refractivity contribution is 7.89. The number of likely N-dealkylation sites (tertiary alicyclic amines) is 1. The number of aromatic amines is 1. The lowest BCUT2D eigenvalue weighted by molar-refractivity contribution is 0.277. The topological polar surface area (TPSA) is 98.3 Å². The van der Waals surface area contributed by atoms with Gasteiger partial charge in [0.25, 0.3) is 10.0 Å². The average molecular weight is 302 g/mol. The van der Waals surface area contributed by atoms with E-state index in [4.69, 9.17) is 0 Å². The quantitative estimate of drug-likeness (QED) is 0.615. The number of aryl methyl sites for hydroxylation is 1. The molecule has 7 nitrogen and oxygen atoms in total. The van der Waals surface area contributed by atoms with E-state index < -0.39 is 10.0 Å². The molecule has 8 heteroatoms. The van der Waals surface area contributed by atoms with Crippen LogP contribution in [-0.4, -0.2) is 54.8 Å². The van der Waals surface area contributed by atoms with E-state index in [9.17, 15) is 13.5 Å². The Morgan fingerprint density at radius 2 is 2.10 bits per heavy atom. The summed E-state index contributed by atoms with van der Waals surface area (Å²) in [7, 11) is -3.65. The molecule has 1 fully saturated rings. The molecule has 1 aromatic rings. The van der Waals surface area contributed by atoms with E-state index in [0.717, 1.165) is 26.1 Å². The molecule has 0 radical (unpaired) electrons. The average Bonchev–Trinajstić information content (AvgIpc) is 3.04. The molecule has 0 bridgehead atoms. The third-order valence-electron chi connectivity index (χ3n) is 3.59. The minimum absolute atomic E-state index is 0.0985. The Morgan fingerprint density at radius 3 is 2.75 bits per heavy atom. The van der Waals surface area contributed by atoms with Gasteiger partial charge in [-0.25, -0.2) is 13.1 Å². The molecule has 2 rings (SSSR count). The van der Waals surface area contributed by atoms with Crippen LogP contribution < -0.4 is 4.72 Å². The first-order chi connectivity index (χ1) is 9.54. The Balaban J connectivity index is 1.87. The van der Waals surface area contributed by atoms with Crippen LogP contribution in [0.1, 0.15) is 30.5 Å². The Hall–Kier alpha value is -0.960. The van der Waals surface area contributed by atoms with Crippen molar-refractivity contribution in [2.24, 2.45) is 0 Å². The third-order valence-corrected chi connectivity index (χ3v) is 5.02. The normalized spacial score (nSPS) is 16.9. The summed E-state index contributed by atoms with van der Waals surface area (Å²) < 4.78 is 26.7. The van der Waals surface area contributed by atoms with Crippen LogP contribution >= 0.6 is 0 Å². The van der Waals surface area contributed by atoms with Gasteiger partial charge >= 0.3 is 0 Å². The minimum atomic E-state index is -3.65. The molecule has 3 N–H and O–H groups in total. The van der Waals surface area contributed by atoms with Gasteiger partial charge in [-0.1, -0.05) is 0 Å². The van der Waals surface area contributed by atoms with Crippen LogP contribution in [0.15, 0.2) is 5.03 Å². The van der Waals surface area contributed by atoms with Crippen molar-refractivity contribution in [2.45, 2.75) is 37.8 Å². The molecule has 0 spiro atoms. The van der Waals surface area contributed by atoms with Gasteiger partial charge in [0.05, 0.1) is 6.61 Å². The second-order valence-electron chi connectivity index (χ2n) is 5.09. The van der Waals surface area contributed by atoms with Crippen molar-refractivity contribution in [1.29, 1.82) is 0 Å². The smallest absolute Gasteiger partial charge is 0.260 e. The maximum absolute atomic E-state index is 12.1. The summed E-state index contributed by atoms with van der Waals surface area (Å²) in [5.74, 6) is 0. The molecular formula is C12H22N4O3S. The van der Waals surface area contributed by atoms with Crippen LogP contribution in [0.3, 0.4) is 0 Å². The molecular weight excluding hydrogens is 280 g/mol. The zero-order chi connectivity index (χ0) is 14.6. The molecule has 0 aromatic carbocycles. The molecule has 0 saturated carbocycles. The van der Waals surface area contributed by atoms with Crippen LogP contribution in [0.2, 0.25) is 0 Å². The van der Waals surface area contributed by atoms with Gasteiger partial charge < -0.3 is 10.0 Å². The van der Waals surface area contributed by atoms with E-state index >= 15 is 0 Å². The molecule has 1 aliphatic rings. The standard InChI is InChI=1S/C12H22N4O3S/c1-10-11(9-17)12(15-14-10)20(18,19)13-5-4-8-16-6-2-3-7-16/h13,17H,2-9H2,1H3,(H,14,15). The van der Waals surface area contributed by atoms with E-state index in [1.54, 1.807) is 6.92 Å². The number of rotatable bonds is 7. The highest BCUT2D eigenvalue weighted by atomic mass is 32.2. The fraction of sp³-hybridized carbons (Fsp3) is 0.750. The van der Waals surface area contributed by atoms with Crippen molar-refractivity contribution in [2.75, 3.05) is 26.2 Å². The minimum Gasteiger partial charge on any atom is -0.392 e. The summed E-state index contributed by atoms with van der Waals surface area (Å²) in [4.78, 5) is 2.34. The van der Waals surface area contributed by atoms with Crippen LogP contribution in [0.4, 0.5) is 0 Å². The van der Waals surface area contributed by atoms with Crippen molar-refractivity contribution < 1.29 is 13.5 Å². The molecule has 0 aliphatic carbocycles. The summed E-state index contributed by atoms with van der Waals surface area (Å²) in [5.41, 5.74) is 0.905. The molecule has 114 valence electrons. The summed E-state index contributed by atoms with van der Waals surface area (Å²) in [6, 6.07) is 0. The van der Waals surface area contributed by atoms with Gasteiger partial charge in [0, 0.05) is 17.8 Å². The molecule has 0 unspecified atom stereocenters. The molecule has 2 heterocycles. The highest BCUT2D eigenvalue weighted by Gasteiger charge is 2.23. The van der Waals surface area contributed by atoms with E-state index in [1.165, 1.54) is 12.8 Å². The largest absolute Gasteiger partial charge is 0.392 e. The molecule has 1 aliphatic heterocycles. The fourth-order valence-electron chi connectivity index (χ4n) is 2.42. The van der Waals surface area contributed by atoms with Gasteiger partial charge in [-0.2, -0.15) is 5.10 Å². The number of aliphatic hydroxyl groups excluding tert-OH is 1. The summed E-state index contributed by atoms with van der Waals surface area (Å²) in [5, 5.41) is 15.5. The van der Waals surface area contributed by atoms with E-state index in [-0.39, 0.29) is 11.6 Å². The number of aliphatic hydroxyl groups is 1. The lowest BCUT2D eigenvalue weighted by Gasteiger charge is -2.14. The molecule has 0 atom stereocenters. The number of nitrogens with zero attached hydrogens (tertiary/aromatic N) is 2. The molecule has 0 amide bonds. The number of nitrogens with one attached hydrogen (secondary N) is 2. The SMILES string of the molecule is Cc1[nH]nc(S(=O)(=O)NCCCN2CCCC2)c1CO. The van der Waals surface area contributed by atoms with Crippen LogP contribution in [0.5, 0.6) is 0 Å². The molecule has 1 aromatic heterocycles. The monoisotopic (exact) mass is 302 g/mol. The molecule has 20 heavy (non-hydrogen) atoms. The van der Waals surface area contributed by atoms with Gasteiger partial charge in [-0.3, -0.25) is 5.10 Å². The van der Waals surface area contributed by atoms with E-state index in [0.29, 0.717) is 17.8 Å². The summed E-state index contributed by atoms with van der Waals surface area (Å²) in [6.45, 7) is 4.86. The third kappa shape index (κ3) is 3.57. The van der Waals surface area contributed by atoms with E-state index in [2.05, 4.69) is 19.8 Å². The van der Waals surface area contributed by atoms with Crippen molar-refractivity contribution in [3.63, 3.8) is 0 Å². The second kappa shape index (κ2) is 6.66. The first-order valence-corrected chi connectivity index (χ1v) is 8.39. The Kier molecular flexibility index (Phi) is 5.14. The second-order valence-corrected chi connectivity index (χ2v) is 6.77. The summed E-state index contributed by atoms with van der Waals surface area (Å²) in [6.07, 6.45) is 3.24. The first kappa shape index (κ1) is 15.4. The number of hydrogen-bond acceptors (Lipinski definition) is 5. The Bertz CT molecular complexity index is 535. The van der Waals surface area contributed by atoms with Crippen molar-refractivity contribution >= 4 is 10.0 Å². The van der Waals surface area contributed by atoms with Gasteiger partial charge in [0.15, 0.2) is 5.03 Å². The number of H-pyrrole nitrogens is 1. The fourth-order valence-corrected chi connectivity index (χ4v) is 3.68. The van der Waals surface area contributed by atoms with Gasteiger partial charge in [-0.05, 0) is 45.8 Å². The van der Waals surface area contributed by atoms with Crippen LogP contribution in [0.25, 0.3) is 0 Å². The maximum atomic E-state index is 12.1. The number of hydrogen-bond donors (Lipinski definition) is 3. The first-order valence-electron chi connectivity index (χ1n) is 6.91. The van der Waals surface area contributed by atoms with E-state index in [1.807, 2.05) is 0 Å². The predicted octanol–water partition coefficient (Wildman–Crippen LogP) is -0.0254. The Morgan fingerprint density at radius 1 is 1.40 bits per heavy atom. The van der Waals surface area contributed by atoms with Crippen molar-refractivity contribution in [1.82, 2.24) is 19.8 Å². The number of aromatic nitrogens is 2. The Labute approximate surface area is 119 Å². The lowest BCUT2D eigenvalue weighted by Crippen LogP contribution is -2.29. The lowest BCUT2D eigenvalue weighted by atomic mass is 10.3.